The zero-order chi connectivity index (χ0) is 20.6. The second-order valence-corrected chi connectivity index (χ2v) is 7.41. The molecule has 0 saturated heterocycles. The molecule has 29 heavy (non-hydrogen) atoms. The Morgan fingerprint density at radius 3 is 2.76 bits per heavy atom. The van der Waals surface area contributed by atoms with Crippen LogP contribution in [-0.4, -0.2) is 44.1 Å². The van der Waals surface area contributed by atoms with E-state index in [0.717, 1.165) is 25.7 Å². The maximum atomic E-state index is 12.6. The molecule has 156 valence electrons. The van der Waals surface area contributed by atoms with E-state index in [0.29, 0.717) is 25.1 Å². The Labute approximate surface area is 169 Å². The van der Waals surface area contributed by atoms with E-state index in [1.165, 1.54) is 12.4 Å². The largest absolute Gasteiger partial charge is 0.355 e. The van der Waals surface area contributed by atoms with Gasteiger partial charge in [-0.3, -0.25) is 19.1 Å². The van der Waals surface area contributed by atoms with E-state index < -0.39 is 0 Å². The van der Waals surface area contributed by atoms with Gasteiger partial charge in [0.25, 0.3) is 5.56 Å². The van der Waals surface area contributed by atoms with Gasteiger partial charge in [0.05, 0.1) is 6.33 Å². The summed E-state index contributed by atoms with van der Waals surface area (Å²) in [6.07, 6.45) is 9.10. The highest BCUT2D eigenvalue weighted by molar-refractivity contribution is 5.81. The second kappa shape index (κ2) is 9.99. The Kier molecular flexibility index (Phi) is 7.15. The van der Waals surface area contributed by atoms with Gasteiger partial charge in [-0.1, -0.05) is 6.92 Å². The number of nitrogens with one attached hydrogen (secondary N) is 3. The summed E-state index contributed by atoms with van der Waals surface area (Å²) in [5.41, 5.74) is 0.461. The molecule has 1 fully saturated rings. The number of aromatic amines is 1. The molecule has 1 unspecified atom stereocenters. The lowest BCUT2D eigenvalue weighted by atomic mass is 9.85. The molecule has 0 bridgehead atoms. The zero-order valence-electron chi connectivity index (χ0n) is 16.6. The predicted octanol–water partition coefficient (Wildman–Crippen LogP) is 0.951. The number of amides is 2. The van der Waals surface area contributed by atoms with Crippen molar-refractivity contribution in [2.75, 3.05) is 6.54 Å². The Bertz CT molecular complexity index is 855. The molecule has 3 N–H and O–H groups in total. The minimum Gasteiger partial charge on any atom is -0.355 e. The van der Waals surface area contributed by atoms with Crippen molar-refractivity contribution < 1.29 is 9.59 Å². The Morgan fingerprint density at radius 2 is 2.10 bits per heavy atom. The zero-order valence-corrected chi connectivity index (χ0v) is 16.6. The van der Waals surface area contributed by atoms with Crippen LogP contribution in [0.2, 0.25) is 0 Å². The van der Waals surface area contributed by atoms with Crippen LogP contribution in [0.15, 0.2) is 35.6 Å². The summed E-state index contributed by atoms with van der Waals surface area (Å²) in [4.78, 5) is 42.8. The van der Waals surface area contributed by atoms with Crippen molar-refractivity contribution in [2.24, 2.45) is 5.92 Å². The van der Waals surface area contributed by atoms with Gasteiger partial charge < -0.3 is 15.6 Å². The molecular weight excluding hydrogens is 372 g/mol. The first-order chi connectivity index (χ1) is 14.1. The highest BCUT2D eigenvalue weighted by Gasteiger charge is 2.28. The Balaban J connectivity index is 1.39. The van der Waals surface area contributed by atoms with Crippen molar-refractivity contribution in [3.05, 3.63) is 46.9 Å². The van der Waals surface area contributed by atoms with E-state index in [2.05, 4.69) is 25.7 Å². The molecule has 1 saturated carbocycles. The summed E-state index contributed by atoms with van der Waals surface area (Å²) in [5, 5.41) is 10.2. The SMILES string of the molecule is CCC(C(=O)NC1CCC(C(=O)NCCc2cc(=O)[nH]cn2)CC1)n1cccn1. The molecule has 3 rings (SSSR count). The van der Waals surface area contributed by atoms with E-state index in [1.807, 2.05) is 13.0 Å². The van der Waals surface area contributed by atoms with E-state index in [9.17, 15) is 14.4 Å². The quantitative estimate of drug-likeness (QED) is 0.609. The molecule has 0 aliphatic heterocycles. The molecule has 1 aliphatic rings. The molecule has 9 nitrogen and oxygen atoms in total. The minimum atomic E-state index is -0.301. The average Bonchev–Trinajstić information content (AvgIpc) is 3.23. The molecule has 9 heteroatoms. The Morgan fingerprint density at radius 1 is 1.31 bits per heavy atom. The standard InChI is InChI=1S/C20H28N6O3/c1-2-17(26-11-3-9-24-26)20(29)25-15-6-4-14(5-7-15)19(28)21-10-8-16-12-18(27)23-13-22-16/h3,9,11-15,17H,2,4-8,10H2,1H3,(H,21,28)(H,25,29)(H,22,23,27). The van der Waals surface area contributed by atoms with Gasteiger partial charge in [-0.15, -0.1) is 0 Å². The molecular formula is C20H28N6O3. The topological polar surface area (TPSA) is 122 Å². The van der Waals surface area contributed by atoms with E-state index in [1.54, 1.807) is 17.1 Å². The summed E-state index contributed by atoms with van der Waals surface area (Å²) in [6, 6.07) is 3.04. The fraction of sp³-hybridized carbons (Fsp3) is 0.550. The van der Waals surface area contributed by atoms with Gasteiger partial charge in [-0.05, 0) is 38.2 Å². The van der Waals surface area contributed by atoms with Gasteiger partial charge in [0.1, 0.15) is 6.04 Å². The predicted molar refractivity (Wildman–Crippen MR) is 107 cm³/mol. The molecule has 0 spiro atoms. The molecule has 0 radical (unpaired) electrons. The first-order valence-electron chi connectivity index (χ1n) is 10.2. The van der Waals surface area contributed by atoms with Crippen molar-refractivity contribution in [1.82, 2.24) is 30.4 Å². The van der Waals surface area contributed by atoms with Crippen molar-refractivity contribution >= 4 is 11.8 Å². The van der Waals surface area contributed by atoms with Crippen molar-refractivity contribution in [1.29, 1.82) is 0 Å². The highest BCUT2D eigenvalue weighted by atomic mass is 16.2. The van der Waals surface area contributed by atoms with Crippen molar-refractivity contribution in [2.45, 2.75) is 57.5 Å². The third kappa shape index (κ3) is 5.75. The van der Waals surface area contributed by atoms with E-state index in [-0.39, 0.29) is 35.4 Å². The lowest BCUT2D eigenvalue weighted by Gasteiger charge is -2.29. The summed E-state index contributed by atoms with van der Waals surface area (Å²) < 4.78 is 1.68. The van der Waals surface area contributed by atoms with Gasteiger partial charge in [-0.2, -0.15) is 5.10 Å². The number of hydrogen-bond donors (Lipinski definition) is 3. The van der Waals surface area contributed by atoms with Crippen LogP contribution >= 0.6 is 0 Å². The third-order valence-electron chi connectivity index (χ3n) is 5.39. The molecule has 2 aromatic rings. The number of aromatic nitrogens is 4. The number of carbonyl (C=O) groups excluding carboxylic acids is 2. The third-order valence-corrected chi connectivity index (χ3v) is 5.39. The summed E-state index contributed by atoms with van der Waals surface area (Å²) in [6.45, 7) is 2.42. The maximum absolute atomic E-state index is 12.6. The van der Waals surface area contributed by atoms with Crippen LogP contribution in [0.5, 0.6) is 0 Å². The molecule has 2 aromatic heterocycles. The number of rotatable bonds is 8. The number of hydrogen-bond acceptors (Lipinski definition) is 5. The van der Waals surface area contributed by atoms with E-state index in [4.69, 9.17) is 0 Å². The van der Waals surface area contributed by atoms with Crippen LogP contribution in [0.4, 0.5) is 0 Å². The monoisotopic (exact) mass is 400 g/mol. The number of carbonyl (C=O) groups is 2. The maximum Gasteiger partial charge on any atom is 0.250 e. The average molecular weight is 400 g/mol. The number of nitrogens with zero attached hydrogens (tertiary/aromatic N) is 3. The van der Waals surface area contributed by atoms with Gasteiger partial charge >= 0.3 is 0 Å². The van der Waals surface area contributed by atoms with Gasteiger partial charge in [0, 0.05) is 49.1 Å². The smallest absolute Gasteiger partial charge is 0.250 e. The molecule has 0 aromatic carbocycles. The molecule has 2 heterocycles. The molecule has 2 amide bonds. The van der Waals surface area contributed by atoms with Crippen LogP contribution < -0.4 is 16.2 Å². The lowest BCUT2D eigenvalue weighted by Crippen LogP contribution is -2.43. The second-order valence-electron chi connectivity index (χ2n) is 7.41. The molecule has 1 atom stereocenters. The summed E-state index contributed by atoms with van der Waals surface area (Å²) in [7, 11) is 0. The first-order valence-corrected chi connectivity index (χ1v) is 10.2. The Hall–Kier alpha value is -2.97. The van der Waals surface area contributed by atoms with Crippen LogP contribution in [0.3, 0.4) is 0 Å². The van der Waals surface area contributed by atoms with Crippen LogP contribution in [0.1, 0.15) is 50.8 Å². The first kappa shape index (κ1) is 20.8. The fourth-order valence-electron chi connectivity index (χ4n) is 3.76. The van der Waals surface area contributed by atoms with Crippen molar-refractivity contribution in [3.8, 4) is 0 Å². The summed E-state index contributed by atoms with van der Waals surface area (Å²) in [5.74, 6) is -0.0274. The van der Waals surface area contributed by atoms with E-state index >= 15 is 0 Å². The van der Waals surface area contributed by atoms with Crippen LogP contribution in [-0.2, 0) is 16.0 Å². The van der Waals surface area contributed by atoms with Crippen LogP contribution in [0.25, 0.3) is 0 Å². The normalized spacial score (nSPS) is 20.0. The van der Waals surface area contributed by atoms with Crippen molar-refractivity contribution in [3.63, 3.8) is 0 Å². The van der Waals surface area contributed by atoms with Gasteiger partial charge in [0.2, 0.25) is 11.8 Å². The van der Waals surface area contributed by atoms with Gasteiger partial charge in [0.15, 0.2) is 0 Å². The fourth-order valence-corrected chi connectivity index (χ4v) is 3.76. The highest BCUT2D eigenvalue weighted by Crippen LogP contribution is 2.25. The minimum absolute atomic E-state index is 0.0190. The van der Waals surface area contributed by atoms with Gasteiger partial charge in [-0.25, -0.2) is 4.98 Å². The van der Waals surface area contributed by atoms with Crippen LogP contribution in [0, 0.1) is 5.92 Å². The number of H-pyrrole nitrogens is 1. The lowest BCUT2D eigenvalue weighted by molar-refractivity contribution is -0.126. The molecule has 1 aliphatic carbocycles. The summed E-state index contributed by atoms with van der Waals surface area (Å²) >= 11 is 0.